The van der Waals surface area contributed by atoms with Crippen molar-refractivity contribution in [2.45, 2.75) is 19.6 Å². The summed E-state index contributed by atoms with van der Waals surface area (Å²) in [7, 11) is -7.33. The summed E-state index contributed by atoms with van der Waals surface area (Å²) in [5.41, 5.74) is 3.26. The largest absolute Gasteiger partial charge is 2.00 e. The van der Waals surface area contributed by atoms with E-state index in [1.165, 1.54) is 39.9 Å². The van der Waals surface area contributed by atoms with Gasteiger partial charge in [-0.15, -0.1) is 0 Å². The molecule has 2 N–H and O–H groups in total. The number of hydrogen-bond donors (Lipinski definition) is 0. The van der Waals surface area contributed by atoms with Crippen LogP contribution in [0.5, 0.6) is 0 Å². The summed E-state index contributed by atoms with van der Waals surface area (Å²) in [4.78, 5) is 50.1. The molecule has 12 nitrogen and oxygen atoms in total. The molecule has 0 aliphatic rings. The first-order valence-electron chi connectivity index (χ1n) is 12.2. The van der Waals surface area contributed by atoms with E-state index in [-0.39, 0.29) is 37.4 Å². The second-order valence-corrected chi connectivity index (χ2v) is 12.3. The molecule has 0 bridgehead atoms. The number of rotatable bonds is 9. The zero-order valence-electron chi connectivity index (χ0n) is 25.8. The summed E-state index contributed by atoms with van der Waals surface area (Å²) in [5, 5.41) is 0. The van der Waals surface area contributed by atoms with Gasteiger partial charge in [0.1, 0.15) is 0 Å². The molecule has 272 valence electrons. The van der Waals surface area contributed by atoms with Crippen LogP contribution in [-0.4, -0.2) is 81.3 Å². The quantitative estimate of drug-likeness (QED) is 0.102. The third kappa shape index (κ3) is 23.2. The van der Waals surface area contributed by atoms with Crippen LogP contribution in [-0.2, 0) is 64.1 Å². The number of carbonyl (C=O) groups excluding carboxylic acids is 3. The third-order valence-electron chi connectivity index (χ3n) is 4.89. The molecule has 3 rings (SSSR count). The summed E-state index contributed by atoms with van der Waals surface area (Å²) in [5.74, 6) is -1.37. The van der Waals surface area contributed by atoms with Gasteiger partial charge in [-0.2, -0.15) is 0 Å². The van der Waals surface area contributed by atoms with Crippen LogP contribution in [0.1, 0.15) is 48.2 Å². The van der Waals surface area contributed by atoms with Gasteiger partial charge in [0.05, 0.1) is 55.1 Å². The van der Waals surface area contributed by atoms with E-state index in [1.807, 2.05) is 4.90 Å². The first kappa shape index (κ1) is 49.2. The summed E-state index contributed by atoms with van der Waals surface area (Å²) in [6, 6.07) is 10.2. The van der Waals surface area contributed by atoms with Gasteiger partial charge in [0.15, 0.2) is 0 Å². The van der Waals surface area contributed by atoms with E-state index in [2.05, 4.69) is 15.0 Å². The smallest absolute Gasteiger partial charge is 1.00 e. The second kappa shape index (κ2) is 20.4. The van der Waals surface area contributed by atoms with Crippen molar-refractivity contribution in [1.29, 1.82) is 0 Å². The Labute approximate surface area is 293 Å². The first-order valence-corrected chi connectivity index (χ1v) is 16.2. The molecule has 0 atom stereocenters. The number of ether oxygens (including phenoxy) is 3. The number of carbonyl (C=O) groups is 3. The molecule has 0 fully saturated rings. The minimum Gasteiger partial charge on any atom is -1.00 e. The molecule has 0 saturated heterocycles. The Kier molecular flexibility index (Phi) is 20.9. The van der Waals surface area contributed by atoms with Crippen LogP contribution in [0.2, 0.25) is 0 Å². The Bertz CT molecular complexity index is 1320. The fourth-order valence-corrected chi connectivity index (χ4v) is 3.12. The van der Waals surface area contributed by atoms with E-state index in [0.717, 1.165) is 17.1 Å². The molecule has 3 heterocycles. The molecule has 0 saturated carbocycles. The predicted molar refractivity (Wildman–Crippen MR) is 157 cm³/mol. The maximum Gasteiger partial charge on any atom is 2.00 e. The molecule has 3 aromatic heterocycles. The minimum absolute atomic E-state index is 0. The zero-order chi connectivity index (χ0) is 34.5. The van der Waals surface area contributed by atoms with Crippen molar-refractivity contribution >= 4 is 36.5 Å². The van der Waals surface area contributed by atoms with Crippen LogP contribution in [0, 0.1) is 0 Å². The van der Waals surface area contributed by atoms with Gasteiger partial charge in [-0.25, -0.2) is 14.4 Å². The Balaban J connectivity index is -0.00000125. The second-order valence-electron chi connectivity index (χ2n) is 8.93. The van der Waals surface area contributed by atoms with Gasteiger partial charge in [0.2, 0.25) is 0 Å². The van der Waals surface area contributed by atoms with Crippen LogP contribution in [0.3, 0.4) is 0 Å². The molecular weight excluding hydrogens is 810 g/mol. The van der Waals surface area contributed by atoms with Gasteiger partial charge in [-0.05, 0) is 36.4 Å². The van der Waals surface area contributed by atoms with E-state index in [0.29, 0.717) is 36.3 Å². The molecule has 3 aromatic rings. The third-order valence-corrected chi connectivity index (χ3v) is 4.89. The topological polar surface area (TPSA) is 169 Å². The fourth-order valence-electron chi connectivity index (χ4n) is 3.12. The number of esters is 3. The van der Waals surface area contributed by atoms with Crippen LogP contribution >= 0.6 is 7.81 Å². The molecule has 0 spiro atoms. The van der Waals surface area contributed by atoms with E-state index in [9.17, 15) is 43.8 Å². The van der Waals surface area contributed by atoms with Crippen molar-refractivity contribution < 1.29 is 95.3 Å². The van der Waals surface area contributed by atoms with Gasteiger partial charge in [0.25, 0.3) is 0 Å². The molecule has 22 heteroatoms. The molecule has 0 aliphatic heterocycles. The van der Waals surface area contributed by atoms with Gasteiger partial charge < -0.3 is 32.1 Å². The molecule has 0 aromatic carbocycles. The van der Waals surface area contributed by atoms with E-state index in [4.69, 9.17) is 14.2 Å². The number of methoxy groups -OCH3 is 3. The SMILES string of the molecule is COC(=O)c1ccc(CN(Cc2ccc(C(=O)OC)cn2)Cc2ccc(C(=O)OC)cn2)nc1.CS(C)=O.F[P-](F)(F)(F)(F)F.O.[Cl-].[Ru+2]. The number of aromatic nitrogens is 3. The summed E-state index contributed by atoms with van der Waals surface area (Å²) in [6.07, 6.45) is 7.67. The average molecular weight is 842 g/mol. The number of pyridine rings is 3. The fraction of sp³-hybridized carbons (Fsp3) is 0.308. The van der Waals surface area contributed by atoms with Gasteiger partial charge in [-0.1, -0.05) is 0 Å². The van der Waals surface area contributed by atoms with Crippen molar-refractivity contribution in [1.82, 2.24) is 19.9 Å². The summed E-state index contributed by atoms with van der Waals surface area (Å²) in [6.45, 7) is 1.30. The number of halogens is 7. The first-order chi connectivity index (χ1) is 20.6. The van der Waals surface area contributed by atoms with Crippen molar-refractivity contribution in [3.05, 3.63) is 88.8 Å². The normalized spacial score (nSPS) is 11.6. The van der Waals surface area contributed by atoms with Crippen molar-refractivity contribution in [2.75, 3.05) is 33.8 Å². The van der Waals surface area contributed by atoms with Gasteiger partial charge in [-0.3, -0.25) is 24.1 Å². The Hall–Kier alpha value is -3.15. The Morgan fingerprint density at radius 2 is 0.854 bits per heavy atom. The average Bonchev–Trinajstić information content (AvgIpc) is 2.95. The molecule has 48 heavy (non-hydrogen) atoms. The van der Waals surface area contributed by atoms with Gasteiger partial charge in [0, 0.05) is 61.5 Å². The monoisotopic (exact) mass is 842 g/mol. The zero-order valence-corrected chi connectivity index (χ0v) is 30.0. The van der Waals surface area contributed by atoms with E-state index in [1.54, 1.807) is 48.9 Å². The maximum atomic E-state index is 11.7. The summed E-state index contributed by atoms with van der Waals surface area (Å²) < 4.78 is 82.9. The number of hydrogen-bond acceptors (Lipinski definition) is 11. The maximum absolute atomic E-state index is 11.7. The van der Waals surface area contributed by atoms with Crippen molar-refractivity contribution in [2.24, 2.45) is 0 Å². The van der Waals surface area contributed by atoms with Crippen LogP contribution in [0.4, 0.5) is 25.2 Å². The molecular formula is C26H32ClF6N4O8PRuS. The Morgan fingerprint density at radius 1 is 0.646 bits per heavy atom. The van der Waals surface area contributed by atoms with Crippen molar-refractivity contribution in [3.8, 4) is 0 Å². The summed E-state index contributed by atoms with van der Waals surface area (Å²) >= 11 is 0. The minimum atomic E-state index is -10.7. The molecule has 0 aliphatic carbocycles. The molecule has 0 unspecified atom stereocenters. The van der Waals surface area contributed by atoms with E-state index >= 15 is 0 Å². The molecule has 0 amide bonds. The standard InChI is InChI=1S/C24H24N4O6.C2H6OS.ClH.F6P.H2O.Ru/c1-32-22(29)16-4-7-19(25-10-16)13-28(14-20-8-5-17(11-26-20)23(30)33-2)15-21-9-6-18(12-27-21)24(31)34-3;1-4(2)3;;1-7(2,3,4,5)6;;/h4-12H,13-15H2,1-3H3;1-2H3;1H;;1H2;/q;;;-1;;+2/p-1. The van der Waals surface area contributed by atoms with Crippen LogP contribution in [0.15, 0.2) is 55.0 Å². The van der Waals surface area contributed by atoms with Crippen molar-refractivity contribution in [3.63, 3.8) is 0 Å². The van der Waals surface area contributed by atoms with Gasteiger partial charge >= 0.3 is 70.4 Å². The van der Waals surface area contributed by atoms with Crippen LogP contribution in [0.25, 0.3) is 0 Å². The predicted octanol–water partition coefficient (Wildman–Crippen LogP) is 1.99. The molecule has 0 radical (unpaired) electrons. The Morgan fingerprint density at radius 3 is 1.00 bits per heavy atom. The van der Waals surface area contributed by atoms with E-state index < -0.39 is 36.5 Å². The van der Waals surface area contributed by atoms with Crippen LogP contribution < -0.4 is 12.4 Å². The number of nitrogens with zero attached hydrogens (tertiary/aromatic N) is 4.